The Hall–Kier alpha value is -0.610. The summed E-state index contributed by atoms with van der Waals surface area (Å²) < 4.78 is 5.74. The Labute approximate surface area is 91.0 Å². The lowest BCUT2D eigenvalue weighted by Crippen LogP contribution is -2.63. The highest BCUT2D eigenvalue weighted by atomic mass is 16.5. The standard InChI is InChI=1S/C11H21NO3/c1-5-11(6-2)10(3,4)7-12-8(15-11)9(13)14/h8,12H,5-7H2,1-4H3,(H,13,14). The summed E-state index contributed by atoms with van der Waals surface area (Å²) in [5, 5.41) is 11.9. The summed E-state index contributed by atoms with van der Waals surface area (Å²) >= 11 is 0. The van der Waals surface area contributed by atoms with Gasteiger partial charge in [0.1, 0.15) is 0 Å². The zero-order chi connectivity index (χ0) is 11.7. The minimum Gasteiger partial charge on any atom is -0.478 e. The van der Waals surface area contributed by atoms with Gasteiger partial charge in [0, 0.05) is 12.0 Å². The van der Waals surface area contributed by atoms with Gasteiger partial charge in [-0.2, -0.15) is 0 Å². The molecular formula is C11H21NO3. The van der Waals surface area contributed by atoms with Crippen LogP contribution in [0.2, 0.25) is 0 Å². The largest absolute Gasteiger partial charge is 0.478 e. The maximum atomic E-state index is 10.9. The van der Waals surface area contributed by atoms with Crippen LogP contribution in [0.3, 0.4) is 0 Å². The zero-order valence-electron chi connectivity index (χ0n) is 9.96. The first-order valence-corrected chi connectivity index (χ1v) is 5.52. The number of hydrogen-bond acceptors (Lipinski definition) is 3. The van der Waals surface area contributed by atoms with Crippen molar-refractivity contribution >= 4 is 5.97 Å². The number of carboxylic acid groups (broad SMARTS) is 1. The summed E-state index contributed by atoms with van der Waals surface area (Å²) in [6.07, 6.45) is 0.808. The first kappa shape index (κ1) is 12.5. The van der Waals surface area contributed by atoms with Crippen molar-refractivity contribution in [2.75, 3.05) is 6.54 Å². The predicted octanol–water partition coefficient (Wildman–Crippen LogP) is 1.60. The van der Waals surface area contributed by atoms with Crippen molar-refractivity contribution in [3.05, 3.63) is 0 Å². The van der Waals surface area contributed by atoms with Crippen LogP contribution in [0.1, 0.15) is 40.5 Å². The molecule has 0 spiro atoms. The van der Waals surface area contributed by atoms with Crippen molar-refractivity contribution in [3.63, 3.8) is 0 Å². The molecule has 1 atom stereocenters. The summed E-state index contributed by atoms with van der Waals surface area (Å²) in [6, 6.07) is 0. The lowest BCUT2D eigenvalue weighted by Gasteiger charge is -2.51. The molecule has 4 nitrogen and oxygen atoms in total. The van der Waals surface area contributed by atoms with Crippen LogP contribution in [-0.2, 0) is 9.53 Å². The van der Waals surface area contributed by atoms with Crippen LogP contribution < -0.4 is 5.32 Å². The molecule has 1 unspecified atom stereocenters. The molecule has 1 fully saturated rings. The Kier molecular flexibility index (Phi) is 3.41. The van der Waals surface area contributed by atoms with E-state index in [1.165, 1.54) is 0 Å². The second kappa shape index (κ2) is 4.10. The average Bonchev–Trinajstić information content (AvgIpc) is 2.17. The summed E-state index contributed by atoms with van der Waals surface area (Å²) in [6.45, 7) is 9.01. The summed E-state index contributed by atoms with van der Waals surface area (Å²) in [5.41, 5.74) is -0.371. The summed E-state index contributed by atoms with van der Waals surface area (Å²) in [7, 11) is 0. The van der Waals surface area contributed by atoms with Crippen LogP contribution in [0.5, 0.6) is 0 Å². The number of hydrogen-bond donors (Lipinski definition) is 2. The van der Waals surface area contributed by atoms with Gasteiger partial charge in [0.25, 0.3) is 0 Å². The van der Waals surface area contributed by atoms with Gasteiger partial charge in [-0.25, -0.2) is 4.79 Å². The molecule has 1 aliphatic heterocycles. The summed E-state index contributed by atoms with van der Waals surface area (Å²) in [4.78, 5) is 10.9. The maximum Gasteiger partial charge on any atom is 0.348 e. The van der Waals surface area contributed by atoms with Gasteiger partial charge >= 0.3 is 5.97 Å². The third-order valence-electron chi connectivity index (χ3n) is 3.67. The van der Waals surface area contributed by atoms with Gasteiger partial charge in [-0.1, -0.05) is 27.7 Å². The van der Waals surface area contributed by atoms with E-state index in [1.807, 2.05) is 0 Å². The molecule has 0 amide bonds. The third-order valence-corrected chi connectivity index (χ3v) is 3.67. The van der Waals surface area contributed by atoms with Crippen LogP contribution in [0.25, 0.3) is 0 Å². The topological polar surface area (TPSA) is 58.6 Å². The van der Waals surface area contributed by atoms with Gasteiger partial charge < -0.3 is 9.84 Å². The normalized spacial score (nSPS) is 28.7. The van der Waals surface area contributed by atoms with E-state index in [4.69, 9.17) is 9.84 Å². The molecule has 0 saturated carbocycles. The minimum atomic E-state index is -0.934. The van der Waals surface area contributed by atoms with Crippen LogP contribution in [-0.4, -0.2) is 29.4 Å². The molecule has 1 saturated heterocycles. The zero-order valence-corrected chi connectivity index (χ0v) is 9.96. The third kappa shape index (κ3) is 2.01. The van der Waals surface area contributed by atoms with Crippen molar-refractivity contribution < 1.29 is 14.6 Å². The van der Waals surface area contributed by atoms with E-state index < -0.39 is 12.2 Å². The fourth-order valence-electron chi connectivity index (χ4n) is 2.45. The van der Waals surface area contributed by atoms with Crippen LogP contribution in [0, 0.1) is 5.41 Å². The molecule has 1 rings (SSSR count). The Balaban J connectivity index is 2.92. The highest BCUT2D eigenvalue weighted by Gasteiger charge is 2.49. The van der Waals surface area contributed by atoms with E-state index in [2.05, 4.69) is 33.0 Å². The number of carbonyl (C=O) groups is 1. The number of aliphatic carboxylic acids is 1. The second-order valence-electron chi connectivity index (χ2n) is 4.80. The van der Waals surface area contributed by atoms with E-state index in [0.29, 0.717) is 6.54 Å². The fourth-order valence-corrected chi connectivity index (χ4v) is 2.45. The maximum absolute atomic E-state index is 10.9. The molecule has 0 aromatic carbocycles. The lowest BCUT2D eigenvalue weighted by atomic mass is 9.70. The SMILES string of the molecule is CCC1(CC)OC(C(=O)O)NCC1(C)C. The van der Waals surface area contributed by atoms with E-state index in [9.17, 15) is 4.79 Å². The highest BCUT2D eigenvalue weighted by molar-refractivity contribution is 5.72. The molecular weight excluding hydrogens is 194 g/mol. The van der Waals surface area contributed by atoms with Gasteiger partial charge in [-0.05, 0) is 12.8 Å². The average molecular weight is 215 g/mol. The van der Waals surface area contributed by atoms with Crippen LogP contribution in [0.15, 0.2) is 0 Å². The molecule has 1 heterocycles. The quantitative estimate of drug-likeness (QED) is 0.750. The first-order valence-electron chi connectivity index (χ1n) is 5.52. The van der Waals surface area contributed by atoms with Crippen molar-refractivity contribution in [1.82, 2.24) is 5.32 Å². The van der Waals surface area contributed by atoms with Crippen LogP contribution >= 0.6 is 0 Å². The molecule has 0 aliphatic carbocycles. The predicted molar refractivity (Wildman–Crippen MR) is 57.6 cm³/mol. The van der Waals surface area contributed by atoms with Crippen molar-refractivity contribution in [3.8, 4) is 0 Å². The van der Waals surface area contributed by atoms with Crippen molar-refractivity contribution in [2.45, 2.75) is 52.4 Å². The van der Waals surface area contributed by atoms with Crippen LogP contribution in [0.4, 0.5) is 0 Å². The molecule has 0 aromatic heterocycles. The molecule has 0 radical (unpaired) electrons. The van der Waals surface area contributed by atoms with E-state index in [0.717, 1.165) is 12.8 Å². The number of nitrogens with one attached hydrogen (secondary N) is 1. The highest BCUT2D eigenvalue weighted by Crippen LogP contribution is 2.42. The number of ether oxygens (including phenoxy) is 1. The summed E-state index contributed by atoms with van der Waals surface area (Å²) in [5.74, 6) is -0.934. The molecule has 4 heteroatoms. The molecule has 15 heavy (non-hydrogen) atoms. The van der Waals surface area contributed by atoms with E-state index in [-0.39, 0.29) is 11.0 Å². The molecule has 0 aromatic rings. The number of carboxylic acids is 1. The Morgan fingerprint density at radius 3 is 2.40 bits per heavy atom. The van der Waals surface area contributed by atoms with Gasteiger partial charge in [0.05, 0.1) is 5.60 Å². The monoisotopic (exact) mass is 215 g/mol. The van der Waals surface area contributed by atoms with Gasteiger partial charge in [-0.3, -0.25) is 5.32 Å². The second-order valence-corrected chi connectivity index (χ2v) is 4.80. The fraction of sp³-hybridized carbons (Fsp3) is 0.909. The van der Waals surface area contributed by atoms with Gasteiger partial charge in [-0.15, -0.1) is 0 Å². The van der Waals surface area contributed by atoms with Gasteiger partial charge in [0.15, 0.2) is 0 Å². The van der Waals surface area contributed by atoms with Gasteiger partial charge in [0.2, 0.25) is 6.23 Å². The minimum absolute atomic E-state index is 0.0392. The Morgan fingerprint density at radius 2 is 2.00 bits per heavy atom. The molecule has 2 N–H and O–H groups in total. The van der Waals surface area contributed by atoms with Crippen molar-refractivity contribution in [2.24, 2.45) is 5.41 Å². The van der Waals surface area contributed by atoms with E-state index in [1.54, 1.807) is 0 Å². The number of rotatable bonds is 3. The first-order chi connectivity index (χ1) is 6.88. The lowest BCUT2D eigenvalue weighted by molar-refractivity contribution is -0.214. The van der Waals surface area contributed by atoms with Crippen molar-refractivity contribution in [1.29, 1.82) is 0 Å². The Bertz CT molecular complexity index is 246. The molecule has 1 aliphatic rings. The molecule has 88 valence electrons. The molecule has 0 bridgehead atoms. The van der Waals surface area contributed by atoms with E-state index >= 15 is 0 Å². The smallest absolute Gasteiger partial charge is 0.348 e. The Morgan fingerprint density at radius 1 is 1.47 bits per heavy atom.